The maximum absolute atomic E-state index is 5.17. The van der Waals surface area contributed by atoms with Crippen LogP contribution in [0.25, 0.3) is 0 Å². The molecule has 0 amide bonds. The molecule has 4 radical (unpaired) electrons. The summed E-state index contributed by atoms with van der Waals surface area (Å²) in [6.07, 6.45) is 7.92. The molecule has 0 rings (SSSR count). The predicted molar refractivity (Wildman–Crippen MR) is 91.4 cm³/mol. The smallest absolute Gasteiger partial charge is 0 e. The molecule has 0 heterocycles. The zero-order valence-corrected chi connectivity index (χ0v) is 17.5. The normalized spacial score (nSPS) is 7.67. The Bertz CT molecular complexity index is 60.0. The molecule has 0 fully saturated rings. The van der Waals surface area contributed by atoms with Crippen molar-refractivity contribution in [3.8, 4) is 0 Å². The Morgan fingerprint density at radius 1 is 0.611 bits per heavy atom. The van der Waals surface area contributed by atoms with Crippen molar-refractivity contribution in [2.75, 3.05) is 6.54 Å². The van der Waals surface area contributed by atoms with Crippen LogP contribution in [-0.4, -0.2) is 30.5 Å². The van der Waals surface area contributed by atoms with Crippen molar-refractivity contribution in [2.24, 2.45) is 11.7 Å². The molecule has 2 N–H and O–H groups in total. The number of hydrogen-bond donors (Lipinski definition) is 1. The SMILES string of the molecule is CC(C)CN.CCCC.CCCC.CCCC.[Sn]. The summed E-state index contributed by atoms with van der Waals surface area (Å²) >= 11 is 0. The zero-order chi connectivity index (χ0) is 14.5. The quantitative estimate of drug-likeness (QED) is 0.641. The van der Waals surface area contributed by atoms with Crippen LogP contribution in [0.15, 0.2) is 0 Å². The van der Waals surface area contributed by atoms with Gasteiger partial charge in [-0.3, -0.25) is 0 Å². The van der Waals surface area contributed by atoms with E-state index in [0.717, 1.165) is 6.54 Å². The summed E-state index contributed by atoms with van der Waals surface area (Å²) in [6, 6.07) is 0. The third-order valence-corrected chi connectivity index (χ3v) is 1.97. The Morgan fingerprint density at radius 3 is 0.722 bits per heavy atom. The summed E-state index contributed by atoms with van der Waals surface area (Å²) in [7, 11) is 0. The van der Waals surface area contributed by atoms with E-state index >= 15 is 0 Å². The van der Waals surface area contributed by atoms with E-state index in [4.69, 9.17) is 5.73 Å². The van der Waals surface area contributed by atoms with Crippen LogP contribution >= 0.6 is 0 Å². The van der Waals surface area contributed by atoms with Gasteiger partial charge < -0.3 is 5.73 Å². The Balaban J connectivity index is -0.0000000412. The average Bonchev–Trinajstić information content (AvgIpc) is 2.39. The number of nitrogens with two attached hydrogens (primary N) is 1. The van der Waals surface area contributed by atoms with Gasteiger partial charge in [-0.15, -0.1) is 0 Å². The van der Waals surface area contributed by atoms with E-state index < -0.39 is 0 Å². The molecule has 114 valence electrons. The predicted octanol–water partition coefficient (Wildman–Crippen LogP) is 5.64. The molecule has 0 bridgehead atoms. The average molecular weight is 366 g/mol. The molecular weight excluding hydrogens is 325 g/mol. The van der Waals surface area contributed by atoms with E-state index in [1.54, 1.807) is 0 Å². The Labute approximate surface area is 136 Å². The van der Waals surface area contributed by atoms with E-state index in [-0.39, 0.29) is 23.9 Å². The fraction of sp³-hybridized carbons (Fsp3) is 1.00. The van der Waals surface area contributed by atoms with Crippen LogP contribution in [0.3, 0.4) is 0 Å². The van der Waals surface area contributed by atoms with Crippen molar-refractivity contribution in [2.45, 2.75) is 93.9 Å². The Hall–Kier alpha value is 0.759. The van der Waals surface area contributed by atoms with Crippen molar-refractivity contribution in [1.29, 1.82) is 0 Å². The Kier molecular flexibility index (Phi) is 74.8. The molecule has 0 unspecified atom stereocenters. The first-order valence-electron chi connectivity index (χ1n) is 7.71. The van der Waals surface area contributed by atoms with Gasteiger partial charge in [-0.25, -0.2) is 0 Å². The van der Waals surface area contributed by atoms with Gasteiger partial charge in [-0.05, 0) is 12.5 Å². The van der Waals surface area contributed by atoms with E-state index in [0.29, 0.717) is 5.92 Å². The topological polar surface area (TPSA) is 26.0 Å². The molecule has 0 aliphatic heterocycles. The maximum atomic E-state index is 5.17. The van der Waals surface area contributed by atoms with Crippen LogP contribution in [0.2, 0.25) is 0 Å². The summed E-state index contributed by atoms with van der Waals surface area (Å²) in [5, 5.41) is 0. The first-order chi connectivity index (χ1) is 8.01. The van der Waals surface area contributed by atoms with E-state index in [1.165, 1.54) is 38.5 Å². The summed E-state index contributed by atoms with van der Waals surface area (Å²) in [5.41, 5.74) is 5.17. The zero-order valence-electron chi connectivity index (χ0n) is 14.6. The third-order valence-electron chi connectivity index (χ3n) is 1.97. The van der Waals surface area contributed by atoms with Crippen LogP contribution in [0.4, 0.5) is 0 Å². The third kappa shape index (κ3) is 125. The molecule has 0 saturated heterocycles. The van der Waals surface area contributed by atoms with Crippen LogP contribution in [0.5, 0.6) is 0 Å². The summed E-state index contributed by atoms with van der Waals surface area (Å²) in [6.45, 7) is 18.1. The molecule has 0 aromatic rings. The molecule has 0 aromatic carbocycles. The van der Waals surface area contributed by atoms with Gasteiger partial charge in [0.05, 0.1) is 0 Å². The van der Waals surface area contributed by atoms with Gasteiger partial charge in [-0.1, -0.05) is 93.9 Å². The van der Waals surface area contributed by atoms with Crippen molar-refractivity contribution >= 4 is 23.9 Å². The standard InChI is InChI=1S/C4H11N.3C4H10.Sn/c1-4(2)3-5;3*1-3-4-2;/h4H,3,5H2,1-2H3;3*3-4H2,1-2H3;. The fourth-order valence-electron chi connectivity index (χ4n) is 0. The van der Waals surface area contributed by atoms with Crippen LogP contribution < -0.4 is 5.73 Å². The van der Waals surface area contributed by atoms with Crippen molar-refractivity contribution in [1.82, 2.24) is 0 Å². The molecule has 2 heteroatoms. The van der Waals surface area contributed by atoms with Gasteiger partial charge in [0.15, 0.2) is 0 Å². The summed E-state index contributed by atoms with van der Waals surface area (Å²) < 4.78 is 0. The van der Waals surface area contributed by atoms with Crippen LogP contribution in [0.1, 0.15) is 93.9 Å². The van der Waals surface area contributed by atoms with Crippen LogP contribution in [0, 0.1) is 5.92 Å². The summed E-state index contributed by atoms with van der Waals surface area (Å²) in [4.78, 5) is 0. The van der Waals surface area contributed by atoms with Crippen molar-refractivity contribution < 1.29 is 0 Å². The van der Waals surface area contributed by atoms with Gasteiger partial charge in [0.25, 0.3) is 0 Å². The second kappa shape index (κ2) is 43.1. The van der Waals surface area contributed by atoms with E-state index in [2.05, 4.69) is 55.4 Å². The minimum absolute atomic E-state index is 0. The van der Waals surface area contributed by atoms with Gasteiger partial charge in [-0.2, -0.15) is 0 Å². The Morgan fingerprint density at radius 2 is 0.722 bits per heavy atom. The van der Waals surface area contributed by atoms with E-state index in [1.807, 2.05) is 0 Å². The second-order valence-corrected chi connectivity index (χ2v) is 4.63. The van der Waals surface area contributed by atoms with Gasteiger partial charge >= 0.3 is 0 Å². The first kappa shape index (κ1) is 31.3. The number of rotatable bonds is 4. The largest absolute Gasteiger partial charge is 0.330 e. The van der Waals surface area contributed by atoms with Crippen molar-refractivity contribution in [3.63, 3.8) is 0 Å². The molecule has 0 aliphatic carbocycles. The van der Waals surface area contributed by atoms with Gasteiger partial charge in [0, 0.05) is 23.9 Å². The molecule has 0 atom stereocenters. The molecule has 0 spiro atoms. The van der Waals surface area contributed by atoms with Gasteiger partial charge in [0.1, 0.15) is 0 Å². The minimum atomic E-state index is 0. The molecule has 0 saturated carbocycles. The summed E-state index contributed by atoms with van der Waals surface area (Å²) in [5.74, 6) is 0.662. The minimum Gasteiger partial charge on any atom is -0.330 e. The molecule has 0 aromatic heterocycles. The molecule has 18 heavy (non-hydrogen) atoms. The monoisotopic (exact) mass is 367 g/mol. The number of unbranched alkanes of at least 4 members (excludes halogenated alkanes) is 3. The second-order valence-electron chi connectivity index (χ2n) is 4.63. The first-order valence-corrected chi connectivity index (χ1v) is 7.71. The molecule has 0 aliphatic rings. The number of hydrogen-bond acceptors (Lipinski definition) is 1. The molecular formula is C16H41NSn. The fourth-order valence-corrected chi connectivity index (χ4v) is 0. The van der Waals surface area contributed by atoms with Gasteiger partial charge in [0.2, 0.25) is 0 Å². The maximum Gasteiger partial charge on any atom is 0 e. The van der Waals surface area contributed by atoms with Crippen molar-refractivity contribution in [3.05, 3.63) is 0 Å². The molecule has 1 nitrogen and oxygen atoms in total. The van der Waals surface area contributed by atoms with Crippen LogP contribution in [-0.2, 0) is 0 Å². The van der Waals surface area contributed by atoms with E-state index in [9.17, 15) is 0 Å².